The maximum Gasteiger partial charge on any atom is 0.274 e. The Morgan fingerprint density at radius 2 is 2.00 bits per heavy atom. The molecule has 3 aromatic rings. The summed E-state index contributed by atoms with van der Waals surface area (Å²) in [5.41, 5.74) is 2.62. The van der Waals surface area contributed by atoms with E-state index in [-0.39, 0.29) is 5.91 Å². The van der Waals surface area contributed by atoms with Crippen molar-refractivity contribution in [2.75, 3.05) is 5.32 Å². The number of aryl methyl sites for hydroxylation is 1. The van der Waals surface area contributed by atoms with Crippen molar-refractivity contribution in [1.82, 2.24) is 14.6 Å². The van der Waals surface area contributed by atoms with E-state index in [1.54, 1.807) is 22.8 Å². The minimum absolute atomic E-state index is 0.237. The smallest absolute Gasteiger partial charge is 0.274 e. The second kappa shape index (κ2) is 5.05. The summed E-state index contributed by atoms with van der Waals surface area (Å²) in [7, 11) is 0. The van der Waals surface area contributed by atoms with Gasteiger partial charge in [0.05, 0.1) is 6.20 Å². The fourth-order valence-corrected chi connectivity index (χ4v) is 2.18. The van der Waals surface area contributed by atoms with Crippen LogP contribution in [0.1, 0.15) is 16.2 Å². The van der Waals surface area contributed by atoms with Gasteiger partial charge in [-0.2, -0.15) is 5.10 Å². The number of hydrogen-bond acceptors (Lipinski definition) is 3. The normalized spacial score (nSPS) is 10.7. The largest absolute Gasteiger partial charge is 0.321 e. The topological polar surface area (TPSA) is 59.3 Å². The van der Waals surface area contributed by atoms with Crippen molar-refractivity contribution in [3.63, 3.8) is 0 Å². The van der Waals surface area contributed by atoms with Crippen LogP contribution in [0, 0.1) is 6.92 Å². The molecular formula is C14H11BrN4O. The van der Waals surface area contributed by atoms with Gasteiger partial charge in [-0.05, 0) is 37.3 Å². The number of carbonyl (C=O) groups excluding carboxylic acids is 1. The van der Waals surface area contributed by atoms with Crippen LogP contribution >= 0.6 is 15.9 Å². The third-order valence-electron chi connectivity index (χ3n) is 2.87. The van der Waals surface area contributed by atoms with E-state index in [4.69, 9.17) is 0 Å². The molecule has 0 atom stereocenters. The van der Waals surface area contributed by atoms with Crippen LogP contribution in [-0.4, -0.2) is 20.5 Å². The van der Waals surface area contributed by atoms with E-state index in [0.717, 1.165) is 15.9 Å². The molecule has 6 heteroatoms. The predicted octanol–water partition coefficient (Wildman–Crippen LogP) is 3.05. The van der Waals surface area contributed by atoms with Crippen LogP contribution in [0.2, 0.25) is 0 Å². The molecule has 0 radical (unpaired) electrons. The van der Waals surface area contributed by atoms with Crippen molar-refractivity contribution in [3.8, 4) is 0 Å². The number of aromatic nitrogens is 3. The molecule has 0 bridgehead atoms. The first kappa shape index (κ1) is 12.8. The van der Waals surface area contributed by atoms with Gasteiger partial charge in [0.2, 0.25) is 0 Å². The van der Waals surface area contributed by atoms with Gasteiger partial charge in [-0.25, -0.2) is 9.50 Å². The summed E-state index contributed by atoms with van der Waals surface area (Å²) >= 11 is 3.35. The molecule has 2 heterocycles. The van der Waals surface area contributed by atoms with Crippen LogP contribution in [-0.2, 0) is 0 Å². The Hall–Kier alpha value is -2.21. The Kier molecular flexibility index (Phi) is 3.23. The van der Waals surface area contributed by atoms with Crippen LogP contribution < -0.4 is 5.32 Å². The second-order valence-corrected chi connectivity index (χ2v) is 5.26. The Balaban J connectivity index is 1.90. The number of amides is 1. The summed E-state index contributed by atoms with van der Waals surface area (Å²) in [4.78, 5) is 16.5. The van der Waals surface area contributed by atoms with Crippen molar-refractivity contribution in [2.45, 2.75) is 6.92 Å². The standard InChI is InChI=1S/C14H11BrN4O/c1-9-8-12(18-13-6-7-16-19(9)13)14(20)17-11-4-2-10(15)3-5-11/h2-8H,1H3,(H,17,20). The van der Waals surface area contributed by atoms with Crippen molar-refractivity contribution in [3.05, 3.63) is 58.5 Å². The third kappa shape index (κ3) is 2.42. The zero-order valence-corrected chi connectivity index (χ0v) is 12.3. The number of hydrogen-bond donors (Lipinski definition) is 1. The van der Waals surface area contributed by atoms with Crippen LogP contribution in [0.4, 0.5) is 5.69 Å². The molecule has 1 aromatic carbocycles. The number of halogens is 1. The third-order valence-corrected chi connectivity index (χ3v) is 3.40. The number of carbonyl (C=O) groups is 1. The molecule has 0 spiro atoms. The quantitative estimate of drug-likeness (QED) is 0.785. The second-order valence-electron chi connectivity index (χ2n) is 4.34. The van der Waals surface area contributed by atoms with Gasteiger partial charge >= 0.3 is 0 Å². The van der Waals surface area contributed by atoms with E-state index in [1.807, 2.05) is 31.2 Å². The van der Waals surface area contributed by atoms with Gasteiger partial charge in [-0.15, -0.1) is 0 Å². The fraction of sp³-hybridized carbons (Fsp3) is 0.0714. The maximum absolute atomic E-state index is 12.2. The molecule has 1 N–H and O–H groups in total. The van der Waals surface area contributed by atoms with Gasteiger partial charge < -0.3 is 5.32 Å². The van der Waals surface area contributed by atoms with Crippen LogP contribution in [0.25, 0.3) is 5.65 Å². The molecule has 0 aliphatic rings. The molecule has 2 aromatic heterocycles. The van der Waals surface area contributed by atoms with Crippen molar-refractivity contribution < 1.29 is 4.79 Å². The van der Waals surface area contributed by atoms with Gasteiger partial charge in [-0.1, -0.05) is 15.9 Å². The highest BCUT2D eigenvalue weighted by Crippen LogP contribution is 2.15. The summed E-state index contributed by atoms with van der Waals surface area (Å²) < 4.78 is 2.65. The Morgan fingerprint density at radius 1 is 1.25 bits per heavy atom. The first-order valence-corrected chi connectivity index (χ1v) is 6.81. The average Bonchev–Trinajstić information content (AvgIpc) is 2.90. The van der Waals surface area contributed by atoms with E-state index >= 15 is 0 Å². The van der Waals surface area contributed by atoms with E-state index in [2.05, 4.69) is 31.3 Å². The zero-order chi connectivity index (χ0) is 14.1. The molecule has 1 amide bonds. The van der Waals surface area contributed by atoms with Crippen molar-refractivity contribution in [1.29, 1.82) is 0 Å². The minimum atomic E-state index is -0.237. The fourth-order valence-electron chi connectivity index (χ4n) is 1.91. The molecule has 0 fully saturated rings. The first-order chi connectivity index (χ1) is 9.63. The van der Waals surface area contributed by atoms with Gasteiger partial charge in [0.1, 0.15) is 5.69 Å². The van der Waals surface area contributed by atoms with E-state index < -0.39 is 0 Å². The monoisotopic (exact) mass is 330 g/mol. The molecule has 20 heavy (non-hydrogen) atoms. The molecule has 0 unspecified atom stereocenters. The molecular weight excluding hydrogens is 320 g/mol. The number of nitrogens with one attached hydrogen (secondary N) is 1. The predicted molar refractivity (Wildman–Crippen MR) is 79.8 cm³/mol. The maximum atomic E-state index is 12.2. The van der Waals surface area contributed by atoms with Crippen LogP contribution in [0.15, 0.2) is 47.1 Å². The Bertz CT molecular complexity index is 779. The summed E-state index contributed by atoms with van der Waals surface area (Å²) in [5.74, 6) is -0.237. The first-order valence-electron chi connectivity index (χ1n) is 6.02. The van der Waals surface area contributed by atoms with Crippen LogP contribution in [0.3, 0.4) is 0 Å². The number of rotatable bonds is 2. The highest BCUT2D eigenvalue weighted by molar-refractivity contribution is 9.10. The number of nitrogens with zero attached hydrogens (tertiary/aromatic N) is 3. The Labute approximate surface area is 123 Å². The molecule has 0 aliphatic heterocycles. The van der Waals surface area contributed by atoms with Gasteiger partial charge in [0.15, 0.2) is 5.65 Å². The molecule has 0 saturated carbocycles. The van der Waals surface area contributed by atoms with Gasteiger partial charge in [0.25, 0.3) is 5.91 Å². The lowest BCUT2D eigenvalue weighted by atomic mass is 10.3. The lowest BCUT2D eigenvalue weighted by molar-refractivity contribution is 0.102. The summed E-state index contributed by atoms with van der Waals surface area (Å²) in [6.07, 6.45) is 1.66. The minimum Gasteiger partial charge on any atom is -0.321 e. The summed E-state index contributed by atoms with van der Waals surface area (Å²) in [6, 6.07) is 10.9. The van der Waals surface area contributed by atoms with E-state index in [1.165, 1.54) is 0 Å². The molecule has 0 saturated heterocycles. The molecule has 3 rings (SSSR count). The highest BCUT2D eigenvalue weighted by atomic mass is 79.9. The SMILES string of the molecule is Cc1cc(C(=O)Nc2ccc(Br)cc2)nc2ccnn12. The van der Waals surface area contributed by atoms with Gasteiger partial charge in [-0.3, -0.25) is 4.79 Å². The van der Waals surface area contributed by atoms with Crippen molar-refractivity contribution >= 4 is 33.2 Å². The average molecular weight is 331 g/mol. The number of anilines is 1. The molecule has 0 aliphatic carbocycles. The van der Waals surface area contributed by atoms with Crippen LogP contribution in [0.5, 0.6) is 0 Å². The van der Waals surface area contributed by atoms with E-state index in [9.17, 15) is 4.79 Å². The highest BCUT2D eigenvalue weighted by Gasteiger charge is 2.11. The zero-order valence-electron chi connectivity index (χ0n) is 10.7. The number of benzene rings is 1. The van der Waals surface area contributed by atoms with Crippen molar-refractivity contribution in [2.24, 2.45) is 0 Å². The Morgan fingerprint density at radius 3 is 2.75 bits per heavy atom. The van der Waals surface area contributed by atoms with Gasteiger partial charge in [0, 0.05) is 21.9 Å². The lowest BCUT2D eigenvalue weighted by Gasteiger charge is -2.06. The summed E-state index contributed by atoms with van der Waals surface area (Å²) in [6.45, 7) is 1.89. The number of fused-ring (bicyclic) bond motifs is 1. The van der Waals surface area contributed by atoms with E-state index in [0.29, 0.717) is 11.3 Å². The molecule has 5 nitrogen and oxygen atoms in total. The molecule has 100 valence electrons. The summed E-state index contributed by atoms with van der Waals surface area (Å²) in [5, 5.41) is 6.95. The lowest BCUT2D eigenvalue weighted by Crippen LogP contribution is -2.15.